The largest absolute Gasteiger partial charge is 0.383 e. The zero-order valence-corrected chi connectivity index (χ0v) is 13.5. The van der Waals surface area contributed by atoms with Crippen LogP contribution in [0.1, 0.15) is 26.7 Å². The van der Waals surface area contributed by atoms with Crippen molar-refractivity contribution in [3.8, 4) is 0 Å². The van der Waals surface area contributed by atoms with Crippen molar-refractivity contribution in [2.75, 3.05) is 19.4 Å². The van der Waals surface area contributed by atoms with Gasteiger partial charge in [-0.05, 0) is 25.0 Å². The number of nitrogens with zero attached hydrogens (tertiary/aromatic N) is 2. The van der Waals surface area contributed by atoms with Gasteiger partial charge in [0.1, 0.15) is 5.69 Å². The van der Waals surface area contributed by atoms with Gasteiger partial charge in [-0.25, -0.2) is 8.42 Å². The van der Waals surface area contributed by atoms with E-state index in [0.717, 1.165) is 0 Å². The number of hydrogen-bond acceptors (Lipinski definition) is 5. The van der Waals surface area contributed by atoms with Crippen LogP contribution < -0.4 is 5.32 Å². The summed E-state index contributed by atoms with van der Waals surface area (Å²) in [5.41, 5.74) is 0.0284. The summed E-state index contributed by atoms with van der Waals surface area (Å²) in [5.74, 6) is 0. The Morgan fingerprint density at radius 1 is 1.33 bits per heavy atom. The number of hydrogen-bond donors (Lipinski definition) is 1. The van der Waals surface area contributed by atoms with Crippen LogP contribution in [0.3, 0.4) is 0 Å². The van der Waals surface area contributed by atoms with E-state index in [9.17, 15) is 18.5 Å². The molecule has 0 unspecified atom stereocenters. The Morgan fingerprint density at radius 3 is 2.33 bits per heavy atom. The number of sulfonamides is 1. The Morgan fingerprint density at radius 2 is 1.90 bits per heavy atom. The predicted molar refractivity (Wildman–Crippen MR) is 82.0 cm³/mol. The molecule has 1 aromatic rings. The second-order valence-electron chi connectivity index (χ2n) is 4.68. The van der Waals surface area contributed by atoms with Crippen LogP contribution in [0.15, 0.2) is 23.1 Å². The summed E-state index contributed by atoms with van der Waals surface area (Å²) in [5, 5.41) is 13.5. The minimum absolute atomic E-state index is 0.0480. The van der Waals surface area contributed by atoms with Crippen LogP contribution in [0.2, 0.25) is 0 Å². The maximum atomic E-state index is 12.6. The van der Waals surface area contributed by atoms with Crippen molar-refractivity contribution < 1.29 is 13.3 Å². The molecule has 0 aliphatic carbocycles. The summed E-state index contributed by atoms with van der Waals surface area (Å²) in [6, 6.07) is 3.68. The van der Waals surface area contributed by atoms with Crippen molar-refractivity contribution in [2.24, 2.45) is 0 Å². The molecule has 0 atom stereocenters. The van der Waals surface area contributed by atoms with Gasteiger partial charge in [0.2, 0.25) is 10.0 Å². The van der Waals surface area contributed by atoms with Gasteiger partial charge in [0.25, 0.3) is 5.69 Å². The fraction of sp³-hybridized carbons (Fsp3) is 0.538. The fourth-order valence-corrected chi connectivity index (χ4v) is 3.73. The quantitative estimate of drug-likeness (QED) is 0.616. The van der Waals surface area contributed by atoms with Gasteiger partial charge in [0.05, 0.1) is 9.82 Å². The molecule has 0 fully saturated rings. The van der Waals surface area contributed by atoms with Crippen LogP contribution in [-0.4, -0.2) is 37.8 Å². The molecule has 0 aliphatic rings. The third-order valence-electron chi connectivity index (χ3n) is 3.57. The topological polar surface area (TPSA) is 92.5 Å². The summed E-state index contributed by atoms with van der Waals surface area (Å²) in [4.78, 5) is 10.4. The van der Waals surface area contributed by atoms with Gasteiger partial charge >= 0.3 is 0 Å². The number of nitro benzene ring substituents is 1. The molecule has 0 aromatic heterocycles. The van der Waals surface area contributed by atoms with Crippen LogP contribution in [0.5, 0.6) is 0 Å². The van der Waals surface area contributed by atoms with Gasteiger partial charge in [-0.2, -0.15) is 4.31 Å². The Balaban J connectivity index is 3.29. The number of nitro groups is 1. The lowest BCUT2D eigenvalue weighted by molar-refractivity contribution is -0.384. The van der Waals surface area contributed by atoms with Gasteiger partial charge in [-0.15, -0.1) is 0 Å². The monoisotopic (exact) mass is 315 g/mol. The minimum atomic E-state index is -3.67. The molecule has 0 radical (unpaired) electrons. The van der Waals surface area contributed by atoms with Gasteiger partial charge < -0.3 is 5.32 Å². The molecule has 0 amide bonds. The summed E-state index contributed by atoms with van der Waals surface area (Å²) < 4.78 is 26.5. The maximum absolute atomic E-state index is 12.6. The van der Waals surface area contributed by atoms with Gasteiger partial charge in [0.15, 0.2) is 0 Å². The molecule has 0 heterocycles. The molecule has 0 aliphatic heterocycles. The third kappa shape index (κ3) is 3.51. The minimum Gasteiger partial charge on any atom is -0.383 e. The second kappa shape index (κ2) is 6.86. The van der Waals surface area contributed by atoms with E-state index in [0.29, 0.717) is 12.8 Å². The van der Waals surface area contributed by atoms with Gasteiger partial charge in [-0.1, -0.05) is 13.8 Å². The van der Waals surface area contributed by atoms with Crippen LogP contribution in [0.25, 0.3) is 0 Å². The van der Waals surface area contributed by atoms with Gasteiger partial charge in [0, 0.05) is 26.2 Å². The standard InChI is InChI=1S/C13H21N3O4S/c1-5-10(6-2)15(4)21(19,20)11-7-8-13(16(17)18)12(9-11)14-3/h7-10,14H,5-6H2,1-4H3. The first-order valence-electron chi connectivity index (χ1n) is 6.73. The van der Waals surface area contributed by atoms with E-state index in [1.165, 1.54) is 36.6 Å². The highest BCUT2D eigenvalue weighted by Crippen LogP contribution is 2.29. The Labute approximate surface area is 125 Å². The molecule has 1 aromatic carbocycles. The second-order valence-corrected chi connectivity index (χ2v) is 6.68. The number of nitrogens with one attached hydrogen (secondary N) is 1. The van der Waals surface area contributed by atoms with Gasteiger partial charge in [-0.3, -0.25) is 10.1 Å². The molecule has 0 spiro atoms. The maximum Gasteiger partial charge on any atom is 0.292 e. The van der Waals surface area contributed by atoms with Crippen molar-refractivity contribution in [3.63, 3.8) is 0 Å². The summed E-state index contributed by atoms with van der Waals surface area (Å²) in [6.45, 7) is 3.85. The molecule has 7 nitrogen and oxygen atoms in total. The lowest BCUT2D eigenvalue weighted by atomic mass is 10.2. The number of benzene rings is 1. The van der Waals surface area contributed by atoms with E-state index < -0.39 is 14.9 Å². The Kier molecular flexibility index (Phi) is 5.68. The molecule has 118 valence electrons. The lowest BCUT2D eigenvalue weighted by Crippen LogP contribution is -2.36. The van der Waals surface area contributed by atoms with E-state index in [1.807, 2.05) is 13.8 Å². The average molecular weight is 315 g/mol. The van der Waals surface area contributed by atoms with Crippen LogP contribution in [0.4, 0.5) is 11.4 Å². The number of anilines is 1. The predicted octanol–water partition coefficient (Wildman–Crippen LogP) is 2.45. The summed E-state index contributed by atoms with van der Waals surface area (Å²) in [6.07, 6.45) is 1.41. The molecule has 0 bridgehead atoms. The third-order valence-corrected chi connectivity index (χ3v) is 5.47. The van der Waals surface area contributed by atoms with Crippen molar-refractivity contribution in [1.82, 2.24) is 4.31 Å². The van der Waals surface area contributed by atoms with Crippen LogP contribution in [-0.2, 0) is 10.0 Å². The molecule has 0 saturated heterocycles. The highest BCUT2D eigenvalue weighted by molar-refractivity contribution is 7.89. The summed E-state index contributed by atoms with van der Waals surface area (Å²) >= 11 is 0. The van der Waals surface area contributed by atoms with Crippen LogP contribution in [0, 0.1) is 10.1 Å². The summed E-state index contributed by atoms with van der Waals surface area (Å²) in [7, 11) is -0.614. The Bertz CT molecular complexity index is 612. The molecule has 0 saturated carbocycles. The first kappa shape index (κ1) is 17.4. The van der Waals surface area contributed by atoms with Crippen molar-refractivity contribution >= 4 is 21.4 Å². The molecule has 21 heavy (non-hydrogen) atoms. The van der Waals surface area contributed by atoms with E-state index in [1.54, 1.807) is 0 Å². The lowest BCUT2D eigenvalue weighted by Gasteiger charge is -2.25. The van der Waals surface area contributed by atoms with Crippen molar-refractivity contribution in [2.45, 2.75) is 37.6 Å². The zero-order chi connectivity index (χ0) is 16.2. The van der Waals surface area contributed by atoms with E-state index >= 15 is 0 Å². The highest BCUT2D eigenvalue weighted by Gasteiger charge is 2.27. The normalized spacial score (nSPS) is 11.9. The highest BCUT2D eigenvalue weighted by atomic mass is 32.2. The fourth-order valence-electron chi connectivity index (χ4n) is 2.20. The molecular weight excluding hydrogens is 294 g/mol. The van der Waals surface area contributed by atoms with Crippen molar-refractivity contribution in [3.05, 3.63) is 28.3 Å². The molecule has 8 heteroatoms. The first-order valence-corrected chi connectivity index (χ1v) is 8.17. The first-order chi connectivity index (χ1) is 9.79. The Hall–Kier alpha value is -1.67. The van der Waals surface area contributed by atoms with Crippen molar-refractivity contribution in [1.29, 1.82) is 0 Å². The molecular formula is C13H21N3O4S. The smallest absolute Gasteiger partial charge is 0.292 e. The van der Waals surface area contributed by atoms with E-state index in [4.69, 9.17) is 0 Å². The SMILES string of the molecule is CCC(CC)N(C)S(=O)(=O)c1ccc([N+](=O)[O-])c(NC)c1. The number of rotatable bonds is 7. The molecule has 1 N–H and O–H groups in total. The van der Waals surface area contributed by atoms with E-state index in [2.05, 4.69) is 5.32 Å². The molecule has 1 rings (SSSR count). The van der Waals surface area contributed by atoms with Crippen LogP contribution >= 0.6 is 0 Å². The zero-order valence-electron chi connectivity index (χ0n) is 12.7. The van der Waals surface area contributed by atoms with E-state index in [-0.39, 0.29) is 22.3 Å². The average Bonchev–Trinajstić information content (AvgIpc) is 2.47.